The van der Waals surface area contributed by atoms with Crippen LogP contribution in [0.5, 0.6) is 5.75 Å². The lowest BCUT2D eigenvalue weighted by Gasteiger charge is -2.32. The van der Waals surface area contributed by atoms with Crippen molar-refractivity contribution in [2.24, 2.45) is 0 Å². The second-order valence-corrected chi connectivity index (χ2v) is 8.85. The van der Waals surface area contributed by atoms with Crippen molar-refractivity contribution in [3.05, 3.63) is 53.6 Å². The van der Waals surface area contributed by atoms with Crippen LogP contribution in [0.25, 0.3) is 0 Å². The summed E-state index contributed by atoms with van der Waals surface area (Å²) in [7, 11) is -3.65. The highest BCUT2D eigenvalue weighted by molar-refractivity contribution is 7.89. The van der Waals surface area contributed by atoms with Gasteiger partial charge in [0.1, 0.15) is 5.75 Å². The lowest BCUT2D eigenvalue weighted by molar-refractivity contribution is 0.102. The molecule has 6 nitrogen and oxygen atoms in total. The Labute approximate surface area is 159 Å². The van der Waals surface area contributed by atoms with Crippen molar-refractivity contribution in [2.75, 3.05) is 11.9 Å². The molecule has 0 spiro atoms. The third-order valence-corrected chi connectivity index (χ3v) is 6.86. The van der Waals surface area contributed by atoms with Crippen molar-refractivity contribution in [1.29, 1.82) is 0 Å². The number of phenols is 1. The van der Waals surface area contributed by atoms with Crippen LogP contribution in [0, 0.1) is 6.92 Å². The van der Waals surface area contributed by atoms with Gasteiger partial charge in [0.25, 0.3) is 5.91 Å². The second kappa shape index (κ2) is 7.70. The minimum atomic E-state index is -3.65. The van der Waals surface area contributed by atoms with E-state index in [1.54, 1.807) is 30.3 Å². The fourth-order valence-corrected chi connectivity index (χ4v) is 5.05. The normalized spacial score (nSPS) is 18.2. The maximum absolute atomic E-state index is 13.0. The van der Waals surface area contributed by atoms with Crippen LogP contribution in [-0.4, -0.2) is 36.3 Å². The number of amides is 1. The Balaban J connectivity index is 1.85. The van der Waals surface area contributed by atoms with E-state index in [2.05, 4.69) is 5.32 Å². The summed E-state index contributed by atoms with van der Waals surface area (Å²) in [6.45, 7) is 4.24. The first-order chi connectivity index (χ1) is 12.8. The van der Waals surface area contributed by atoms with Crippen LogP contribution in [0.1, 0.15) is 42.1 Å². The molecular weight excluding hydrogens is 364 g/mol. The van der Waals surface area contributed by atoms with Gasteiger partial charge >= 0.3 is 0 Å². The molecule has 1 fully saturated rings. The summed E-state index contributed by atoms with van der Waals surface area (Å²) >= 11 is 0. The Morgan fingerprint density at radius 1 is 1.19 bits per heavy atom. The first-order valence-electron chi connectivity index (χ1n) is 9.02. The average molecular weight is 388 g/mol. The number of nitrogens with zero attached hydrogens (tertiary/aromatic N) is 1. The topological polar surface area (TPSA) is 86.7 Å². The first kappa shape index (κ1) is 19.4. The highest BCUT2D eigenvalue weighted by atomic mass is 32.2. The number of anilines is 1. The molecule has 0 aromatic heterocycles. The van der Waals surface area contributed by atoms with Crippen LogP contribution in [0.2, 0.25) is 0 Å². The molecular formula is C20H24N2O4S. The summed E-state index contributed by atoms with van der Waals surface area (Å²) < 4.78 is 27.5. The fourth-order valence-electron chi connectivity index (χ4n) is 3.30. The number of aromatic hydroxyl groups is 1. The number of carbonyl (C=O) groups excluding carboxylic acids is 1. The molecule has 1 aliphatic rings. The summed E-state index contributed by atoms with van der Waals surface area (Å²) in [6.07, 6.45) is 2.71. The van der Waals surface area contributed by atoms with Gasteiger partial charge in [-0.1, -0.05) is 18.6 Å². The maximum atomic E-state index is 13.0. The minimum Gasteiger partial charge on any atom is -0.506 e. The zero-order chi connectivity index (χ0) is 19.6. The molecule has 0 aliphatic carbocycles. The predicted octanol–water partition coefficient (Wildman–Crippen LogP) is 3.52. The van der Waals surface area contributed by atoms with E-state index in [9.17, 15) is 18.3 Å². The van der Waals surface area contributed by atoms with Gasteiger partial charge in [0.2, 0.25) is 10.0 Å². The number of sulfonamides is 1. The average Bonchev–Trinajstić information content (AvgIpc) is 2.64. The van der Waals surface area contributed by atoms with E-state index in [1.807, 2.05) is 13.8 Å². The number of benzene rings is 2. The molecule has 7 heteroatoms. The molecule has 0 unspecified atom stereocenters. The minimum absolute atomic E-state index is 0.0331. The Morgan fingerprint density at radius 3 is 2.67 bits per heavy atom. The lowest BCUT2D eigenvalue weighted by Crippen LogP contribution is -2.41. The van der Waals surface area contributed by atoms with E-state index in [0.717, 1.165) is 24.8 Å². The van der Waals surface area contributed by atoms with Crippen LogP contribution in [-0.2, 0) is 10.0 Å². The monoisotopic (exact) mass is 388 g/mol. The van der Waals surface area contributed by atoms with Crippen LogP contribution in [0.15, 0.2) is 47.4 Å². The van der Waals surface area contributed by atoms with E-state index in [4.69, 9.17) is 0 Å². The van der Waals surface area contributed by atoms with Gasteiger partial charge in [-0.25, -0.2) is 8.42 Å². The van der Waals surface area contributed by atoms with Crippen molar-refractivity contribution in [3.63, 3.8) is 0 Å². The molecule has 2 aromatic carbocycles. The van der Waals surface area contributed by atoms with Gasteiger partial charge in [-0.05, 0) is 62.6 Å². The van der Waals surface area contributed by atoms with Crippen molar-refractivity contribution >= 4 is 21.6 Å². The van der Waals surface area contributed by atoms with Gasteiger partial charge < -0.3 is 10.4 Å². The van der Waals surface area contributed by atoms with Crippen LogP contribution in [0.3, 0.4) is 0 Å². The van der Waals surface area contributed by atoms with Crippen LogP contribution >= 0.6 is 0 Å². The Hall–Kier alpha value is -2.38. The molecule has 1 aliphatic heterocycles. The van der Waals surface area contributed by atoms with E-state index < -0.39 is 15.9 Å². The van der Waals surface area contributed by atoms with E-state index in [0.29, 0.717) is 6.54 Å². The number of hydrogen-bond acceptors (Lipinski definition) is 4. The zero-order valence-corrected chi connectivity index (χ0v) is 16.3. The molecule has 1 amide bonds. The van der Waals surface area contributed by atoms with Gasteiger partial charge in [0.15, 0.2) is 0 Å². The number of hydrogen-bond donors (Lipinski definition) is 2. The summed E-state index contributed by atoms with van der Waals surface area (Å²) in [5.74, 6) is -0.507. The van der Waals surface area contributed by atoms with Crippen molar-refractivity contribution in [3.8, 4) is 5.75 Å². The first-order valence-corrected chi connectivity index (χ1v) is 10.5. The summed E-state index contributed by atoms with van der Waals surface area (Å²) in [5, 5.41) is 12.6. The summed E-state index contributed by atoms with van der Waals surface area (Å²) in [6, 6.07) is 10.9. The molecule has 0 bridgehead atoms. The Morgan fingerprint density at radius 2 is 1.96 bits per heavy atom. The molecule has 1 heterocycles. The molecule has 1 saturated heterocycles. The number of rotatable bonds is 4. The van der Waals surface area contributed by atoms with E-state index in [1.165, 1.54) is 16.4 Å². The quantitative estimate of drug-likeness (QED) is 0.785. The molecule has 0 radical (unpaired) electrons. The highest BCUT2D eigenvalue weighted by Crippen LogP contribution is 2.27. The molecule has 0 saturated carbocycles. The van der Waals surface area contributed by atoms with E-state index >= 15 is 0 Å². The molecule has 144 valence electrons. The van der Waals surface area contributed by atoms with Crippen molar-refractivity contribution in [2.45, 2.75) is 44.0 Å². The molecule has 1 atom stereocenters. The third-order valence-electron chi connectivity index (χ3n) is 4.85. The fraction of sp³-hybridized carbons (Fsp3) is 0.350. The lowest BCUT2D eigenvalue weighted by atomic mass is 10.1. The van der Waals surface area contributed by atoms with Gasteiger partial charge in [-0.2, -0.15) is 4.31 Å². The number of piperidine rings is 1. The summed E-state index contributed by atoms with van der Waals surface area (Å²) in [4.78, 5) is 12.6. The van der Waals surface area contributed by atoms with Gasteiger partial charge in [0, 0.05) is 18.2 Å². The largest absolute Gasteiger partial charge is 0.506 e. The zero-order valence-electron chi connectivity index (χ0n) is 15.5. The number of nitrogens with one attached hydrogen (secondary N) is 1. The molecule has 3 rings (SSSR count). The number of carbonyl (C=O) groups is 1. The second-order valence-electron chi connectivity index (χ2n) is 6.96. The SMILES string of the molecule is Cc1ccc(NC(=O)c2cccc(S(=O)(=O)N3CCCC[C@@H]3C)c2)c(O)c1. The third kappa shape index (κ3) is 4.14. The van der Waals surface area contributed by atoms with E-state index in [-0.39, 0.29) is 27.9 Å². The highest BCUT2D eigenvalue weighted by Gasteiger charge is 2.31. The number of phenolic OH excluding ortho intramolecular Hbond substituents is 1. The molecule has 27 heavy (non-hydrogen) atoms. The van der Waals surface area contributed by atoms with Crippen molar-refractivity contribution < 1.29 is 18.3 Å². The van der Waals surface area contributed by atoms with Gasteiger partial charge in [0.05, 0.1) is 10.6 Å². The van der Waals surface area contributed by atoms with Crippen LogP contribution < -0.4 is 5.32 Å². The predicted molar refractivity (Wildman–Crippen MR) is 104 cm³/mol. The van der Waals surface area contributed by atoms with Gasteiger partial charge in [-0.3, -0.25) is 4.79 Å². The molecule has 2 N–H and O–H groups in total. The van der Waals surface area contributed by atoms with Crippen LogP contribution in [0.4, 0.5) is 5.69 Å². The van der Waals surface area contributed by atoms with Crippen molar-refractivity contribution in [1.82, 2.24) is 4.31 Å². The Bertz CT molecular complexity index is 956. The van der Waals surface area contributed by atoms with Gasteiger partial charge in [-0.15, -0.1) is 0 Å². The maximum Gasteiger partial charge on any atom is 0.255 e. The number of aryl methyl sites for hydroxylation is 1. The molecule has 2 aromatic rings. The Kier molecular flexibility index (Phi) is 5.53. The summed E-state index contributed by atoms with van der Waals surface area (Å²) in [5.41, 5.74) is 1.37. The standard InChI is InChI=1S/C20H24N2O4S/c1-14-9-10-18(19(23)12-14)21-20(24)16-7-5-8-17(13-16)27(25,26)22-11-4-3-6-15(22)2/h5,7-10,12-13,15,23H,3-4,6,11H2,1-2H3,(H,21,24)/t15-/m0/s1. The smallest absolute Gasteiger partial charge is 0.255 e.